The number of fused-ring (bicyclic) bond motifs is 1. The Kier molecular flexibility index (Phi) is 2.26. The van der Waals surface area contributed by atoms with E-state index in [-0.39, 0.29) is 18.9 Å². The number of hydrogen-bond donors (Lipinski definition) is 1. The maximum absolute atomic E-state index is 11.8. The first-order chi connectivity index (χ1) is 8.66. The Morgan fingerprint density at radius 2 is 2.28 bits per heavy atom. The van der Waals surface area contributed by atoms with Gasteiger partial charge in [0.2, 0.25) is 5.91 Å². The molecular formula is C11H9N3O4. The van der Waals surface area contributed by atoms with Crippen LogP contribution in [0.3, 0.4) is 0 Å². The molecule has 2 aromatic rings. The molecule has 1 amide bonds. The van der Waals surface area contributed by atoms with E-state index < -0.39 is 11.9 Å². The molecule has 3 rings (SSSR count). The smallest absolute Gasteiger partial charge is 0.308 e. The van der Waals surface area contributed by atoms with Crippen LogP contribution < -0.4 is 4.90 Å². The number of aromatic nitrogens is 2. The van der Waals surface area contributed by atoms with E-state index in [2.05, 4.69) is 14.9 Å². The van der Waals surface area contributed by atoms with Gasteiger partial charge in [-0.1, -0.05) is 6.07 Å². The van der Waals surface area contributed by atoms with Crippen LogP contribution in [-0.2, 0) is 9.59 Å². The molecule has 1 aliphatic rings. The Balaban J connectivity index is 2.03. The summed E-state index contributed by atoms with van der Waals surface area (Å²) < 4.78 is 4.62. The number of amides is 1. The minimum absolute atomic E-state index is 0.0109. The molecule has 0 spiro atoms. The van der Waals surface area contributed by atoms with Crippen molar-refractivity contribution in [3.8, 4) is 0 Å². The zero-order chi connectivity index (χ0) is 12.7. The van der Waals surface area contributed by atoms with Gasteiger partial charge in [-0.25, -0.2) is 4.63 Å². The first kappa shape index (κ1) is 10.7. The van der Waals surface area contributed by atoms with Crippen molar-refractivity contribution in [3.63, 3.8) is 0 Å². The van der Waals surface area contributed by atoms with E-state index in [1.54, 1.807) is 18.2 Å². The van der Waals surface area contributed by atoms with E-state index in [9.17, 15) is 9.59 Å². The molecule has 92 valence electrons. The third kappa shape index (κ3) is 1.52. The second-order valence-electron chi connectivity index (χ2n) is 4.15. The van der Waals surface area contributed by atoms with Crippen molar-refractivity contribution in [2.24, 2.45) is 5.92 Å². The Morgan fingerprint density at radius 3 is 3.00 bits per heavy atom. The molecule has 1 aromatic carbocycles. The number of benzene rings is 1. The lowest BCUT2D eigenvalue weighted by atomic mass is 10.1. The van der Waals surface area contributed by atoms with Gasteiger partial charge in [-0.05, 0) is 22.4 Å². The first-order valence-electron chi connectivity index (χ1n) is 5.41. The SMILES string of the molecule is O=C(O)C1CC(=O)N(c2cccc3nonc23)C1. The Bertz CT molecular complexity index is 636. The second kappa shape index (κ2) is 3.80. The second-order valence-corrected chi connectivity index (χ2v) is 4.15. The molecule has 1 fully saturated rings. The number of carboxylic acid groups (broad SMARTS) is 1. The standard InChI is InChI=1S/C11H9N3O4/c15-9-4-6(11(16)17)5-14(9)8-3-1-2-7-10(8)13-18-12-7/h1-3,6H,4-5H2,(H,16,17). The topological polar surface area (TPSA) is 96.5 Å². The molecule has 7 heteroatoms. The molecular weight excluding hydrogens is 238 g/mol. The Hall–Kier alpha value is -2.44. The third-order valence-electron chi connectivity index (χ3n) is 3.03. The van der Waals surface area contributed by atoms with Crippen molar-refractivity contribution in [3.05, 3.63) is 18.2 Å². The van der Waals surface area contributed by atoms with Crippen LogP contribution in [0, 0.1) is 5.92 Å². The summed E-state index contributed by atoms with van der Waals surface area (Å²) in [5, 5.41) is 16.4. The van der Waals surface area contributed by atoms with Gasteiger partial charge >= 0.3 is 5.97 Å². The lowest BCUT2D eigenvalue weighted by Gasteiger charge is -2.15. The molecule has 2 heterocycles. The molecule has 1 unspecified atom stereocenters. The molecule has 7 nitrogen and oxygen atoms in total. The van der Waals surface area contributed by atoms with Gasteiger partial charge in [0, 0.05) is 13.0 Å². The fourth-order valence-corrected chi connectivity index (χ4v) is 2.12. The van der Waals surface area contributed by atoms with Gasteiger partial charge in [0.05, 0.1) is 11.6 Å². The number of carboxylic acids is 1. The van der Waals surface area contributed by atoms with Crippen molar-refractivity contribution in [1.29, 1.82) is 0 Å². The maximum atomic E-state index is 11.8. The number of anilines is 1. The van der Waals surface area contributed by atoms with Crippen molar-refractivity contribution < 1.29 is 19.3 Å². The van der Waals surface area contributed by atoms with Crippen LogP contribution in [0.5, 0.6) is 0 Å². The fraction of sp³-hybridized carbons (Fsp3) is 0.273. The predicted octanol–water partition coefficient (Wildman–Crippen LogP) is 0.660. The van der Waals surface area contributed by atoms with Crippen LogP contribution in [0.25, 0.3) is 11.0 Å². The number of aliphatic carboxylic acids is 1. The molecule has 0 bridgehead atoms. The zero-order valence-corrected chi connectivity index (χ0v) is 9.24. The summed E-state index contributed by atoms with van der Waals surface area (Å²) in [5.74, 6) is -1.86. The summed E-state index contributed by atoms with van der Waals surface area (Å²) in [4.78, 5) is 24.2. The van der Waals surface area contributed by atoms with Gasteiger partial charge in [0.15, 0.2) is 5.52 Å². The lowest BCUT2D eigenvalue weighted by Crippen LogP contribution is -2.25. The van der Waals surface area contributed by atoms with Crippen LogP contribution in [0.1, 0.15) is 6.42 Å². The van der Waals surface area contributed by atoms with Gasteiger partial charge in [-0.3, -0.25) is 9.59 Å². The van der Waals surface area contributed by atoms with Crippen molar-refractivity contribution in [2.75, 3.05) is 11.4 Å². The number of nitrogens with zero attached hydrogens (tertiary/aromatic N) is 3. The molecule has 0 saturated carbocycles. The number of hydrogen-bond acceptors (Lipinski definition) is 5. The van der Waals surface area contributed by atoms with Gasteiger partial charge in [0.1, 0.15) is 5.52 Å². The van der Waals surface area contributed by atoms with E-state index in [1.807, 2.05) is 0 Å². The summed E-state index contributed by atoms with van der Waals surface area (Å²) in [6.45, 7) is 0.153. The van der Waals surface area contributed by atoms with Crippen LogP contribution in [0.2, 0.25) is 0 Å². The van der Waals surface area contributed by atoms with Gasteiger partial charge in [0.25, 0.3) is 0 Å². The van der Waals surface area contributed by atoms with Crippen LogP contribution in [0.4, 0.5) is 5.69 Å². The van der Waals surface area contributed by atoms with E-state index in [0.717, 1.165) is 0 Å². The summed E-state index contributed by atoms with van der Waals surface area (Å²) in [6.07, 6.45) is 0.0109. The van der Waals surface area contributed by atoms with E-state index in [0.29, 0.717) is 16.7 Å². The van der Waals surface area contributed by atoms with Crippen molar-refractivity contribution in [1.82, 2.24) is 10.3 Å². The van der Waals surface area contributed by atoms with Gasteiger partial charge < -0.3 is 10.0 Å². The first-order valence-corrected chi connectivity index (χ1v) is 5.41. The normalized spacial score (nSPS) is 19.7. The van der Waals surface area contributed by atoms with Gasteiger partial charge in [-0.15, -0.1) is 0 Å². The quantitative estimate of drug-likeness (QED) is 0.837. The minimum Gasteiger partial charge on any atom is -0.481 e. The molecule has 18 heavy (non-hydrogen) atoms. The molecule has 1 aromatic heterocycles. The predicted molar refractivity (Wildman–Crippen MR) is 59.9 cm³/mol. The maximum Gasteiger partial charge on any atom is 0.308 e. The highest BCUT2D eigenvalue weighted by Gasteiger charge is 2.36. The van der Waals surface area contributed by atoms with Crippen LogP contribution >= 0.6 is 0 Å². The molecule has 1 saturated heterocycles. The molecule has 0 radical (unpaired) electrons. The highest BCUT2D eigenvalue weighted by atomic mass is 16.6. The van der Waals surface area contributed by atoms with Crippen molar-refractivity contribution >= 4 is 28.6 Å². The minimum atomic E-state index is -0.962. The van der Waals surface area contributed by atoms with Crippen molar-refractivity contribution in [2.45, 2.75) is 6.42 Å². The molecule has 1 atom stereocenters. The molecule has 1 aliphatic heterocycles. The highest BCUT2D eigenvalue weighted by Crippen LogP contribution is 2.29. The van der Waals surface area contributed by atoms with Crippen LogP contribution in [0.15, 0.2) is 22.8 Å². The highest BCUT2D eigenvalue weighted by molar-refractivity contribution is 6.04. The summed E-state index contributed by atoms with van der Waals surface area (Å²) in [7, 11) is 0. The zero-order valence-electron chi connectivity index (χ0n) is 9.24. The largest absolute Gasteiger partial charge is 0.481 e. The van der Waals surface area contributed by atoms with Crippen LogP contribution in [-0.4, -0.2) is 33.8 Å². The van der Waals surface area contributed by atoms with E-state index >= 15 is 0 Å². The Morgan fingerprint density at radius 1 is 1.44 bits per heavy atom. The fourth-order valence-electron chi connectivity index (χ4n) is 2.12. The van der Waals surface area contributed by atoms with Gasteiger partial charge in [-0.2, -0.15) is 0 Å². The average Bonchev–Trinajstić information content (AvgIpc) is 2.94. The molecule has 0 aliphatic carbocycles. The van der Waals surface area contributed by atoms with E-state index in [4.69, 9.17) is 5.11 Å². The Labute approximate surface area is 101 Å². The lowest BCUT2D eigenvalue weighted by molar-refractivity contribution is -0.141. The number of rotatable bonds is 2. The monoisotopic (exact) mass is 247 g/mol. The van der Waals surface area contributed by atoms with E-state index in [1.165, 1.54) is 4.90 Å². The number of carbonyl (C=O) groups excluding carboxylic acids is 1. The summed E-state index contributed by atoms with van der Waals surface area (Å²) in [6, 6.07) is 5.14. The summed E-state index contributed by atoms with van der Waals surface area (Å²) >= 11 is 0. The summed E-state index contributed by atoms with van der Waals surface area (Å²) in [5.41, 5.74) is 1.55. The average molecular weight is 247 g/mol. The molecule has 1 N–H and O–H groups in total. The number of carbonyl (C=O) groups is 2. The third-order valence-corrected chi connectivity index (χ3v) is 3.03.